The van der Waals surface area contributed by atoms with Gasteiger partial charge < -0.3 is 9.84 Å². The van der Waals surface area contributed by atoms with Crippen molar-refractivity contribution in [1.29, 1.82) is 0 Å². The maximum Gasteiger partial charge on any atom is 0.201 e. The molecule has 0 bridgehead atoms. The van der Waals surface area contributed by atoms with Crippen LogP contribution in [-0.2, 0) is 0 Å². The molecule has 1 N–H and O–H groups in total. The highest BCUT2D eigenvalue weighted by atomic mass is 32.2. The Morgan fingerprint density at radius 3 is 2.56 bits per heavy atom. The first-order valence-electron chi connectivity index (χ1n) is 4.82. The lowest BCUT2D eigenvalue weighted by Gasteiger charge is -2.06. The van der Waals surface area contributed by atoms with Gasteiger partial charge in [0.1, 0.15) is 5.75 Å². The topological polar surface area (TPSA) is 46.5 Å². The molecule has 0 aromatic heterocycles. The van der Waals surface area contributed by atoms with Gasteiger partial charge in [0, 0.05) is 5.56 Å². The normalized spacial score (nSPS) is 12.7. The van der Waals surface area contributed by atoms with Crippen molar-refractivity contribution < 1.29 is 14.6 Å². The fourth-order valence-corrected chi connectivity index (χ4v) is 1.44. The fraction of sp³-hybridized carbons (Fsp3) is 0.250. The zero-order chi connectivity index (χ0) is 12.0. The zero-order valence-corrected chi connectivity index (χ0v) is 10.0. The summed E-state index contributed by atoms with van der Waals surface area (Å²) in [7, 11) is 0. The SMILES string of the molecule is C/C=C\Oc1ccc(C(=O)C(O)SC)cc1. The first-order valence-corrected chi connectivity index (χ1v) is 6.10. The van der Waals surface area contributed by atoms with Gasteiger partial charge in [0.25, 0.3) is 0 Å². The molecule has 3 nitrogen and oxygen atoms in total. The van der Waals surface area contributed by atoms with Gasteiger partial charge in [0.15, 0.2) is 5.44 Å². The molecule has 1 rings (SSSR count). The van der Waals surface area contributed by atoms with Gasteiger partial charge in [0.05, 0.1) is 6.26 Å². The number of benzene rings is 1. The largest absolute Gasteiger partial charge is 0.465 e. The summed E-state index contributed by atoms with van der Waals surface area (Å²) in [6.45, 7) is 1.85. The summed E-state index contributed by atoms with van der Waals surface area (Å²) < 4.78 is 5.22. The van der Waals surface area contributed by atoms with Crippen LogP contribution < -0.4 is 4.74 Å². The predicted octanol–water partition coefficient (Wildman–Crippen LogP) is 2.46. The number of ether oxygens (including phenoxy) is 1. The Labute approximate surface area is 99.1 Å². The number of allylic oxidation sites excluding steroid dienone is 1. The van der Waals surface area contributed by atoms with Crippen molar-refractivity contribution in [3.8, 4) is 5.75 Å². The molecule has 0 aliphatic heterocycles. The number of Topliss-reactive ketones (excluding diaryl/α,β-unsaturated/α-hetero) is 1. The highest BCUT2D eigenvalue weighted by Crippen LogP contribution is 2.16. The number of carbonyl (C=O) groups is 1. The first-order chi connectivity index (χ1) is 7.69. The van der Waals surface area contributed by atoms with Gasteiger partial charge in [-0.05, 0) is 37.4 Å². The van der Waals surface area contributed by atoms with Crippen molar-refractivity contribution in [3.63, 3.8) is 0 Å². The first kappa shape index (κ1) is 12.8. The van der Waals surface area contributed by atoms with E-state index in [2.05, 4.69) is 0 Å². The smallest absolute Gasteiger partial charge is 0.201 e. The predicted molar refractivity (Wildman–Crippen MR) is 65.7 cm³/mol. The molecule has 86 valence electrons. The van der Waals surface area contributed by atoms with Gasteiger partial charge in [-0.2, -0.15) is 0 Å². The van der Waals surface area contributed by atoms with Crippen molar-refractivity contribution in [2.24, 2.45) is 0 Å². The number of rotatable bonds is 5. The fourth-order valence-electron chi connectivity index (χ4n) is 1.09. The van der Waals surface area contributed by atoms with E-state index < -0.39 is 5.44 Å². The summed E-state index contributed by atoms with van der Waals surface area (Å²) in [4.78, 5) is 11.6. The molecule has 0 fully saturated rings. The van der Waals surface area contributed by atoms with E-state index in [0.29, 0.717) is 11.3 Å². The van der Waals surface area contributed by atoms with E-state index in [0.717, 1.165) is 11.8 Å². The lowest BCUT2D eigenvalue weighted by atomic mass is 10.1. The zero-order valence-electron chi connectivity index (χ0n) is 9.21. The van der Waals surface area contributed by atoms with Crippen LogP contribution in [-0.4, -0.2) is 22.6 Å². The molecular weight excluding hydrogens is 224 g/mol. The average Bonchev–Trinajstić information content (AvgIpc) is 2.35. The molecule has 1 atom stereocenters. The van der Waals surface area contributed by atoms with E-state index in [-0.39, 0.29) is 5.78 Å². The van der Waals surface area contributed by atoms with Gasteiger partial charge in [-0.3, -0.25) is 4.79 Å². The van der Waals surface area contributed by atoms with Gasteiger partial charge in [-0.1, -0.05) is 6.08 Å². The Morgan fingerprint density at radius 1 is 1.44 bits per heavy atom. The second-order valence-corrected chi connectivity index (χ2v) is 3.98. The summed E-state index contributed by atoms with van der Waals surface area (Å²) in [6, 6.07) is 6.67. The van der Waals surface area contributed by atoms with Crippen molar-refractivity contribution in [3.05, 3.63) is 42.2 Å². The van der Waals surface area contributed by atoms with Gasteiger partial charge in [-0.25, -0.2) is 0 Å². The molecule has 0 radical (unpaired) electrons. The summed E-state index contributed by atoms with van der Waals surface area (Å²) in [5.74, 6) is 0.373. The minimum Gasteiger partial charge on any atom is -0.465 e. The number of carbonyl (C=O) groups excluding carboxylic acids is 1. The Hall–Kier alpha value is -1.26. The molecule has 0 aliphatic carbocycles. The third-order valence-electron chi connectivity index (χ3n) is 1.93. The molecule has 16 heavy (non-hydrogen) atoms. The molecule has 1 aromatic rings. The molecule has 1 unspecified atom stereocenters. The Morgan fingerprint density at radius 2 is 2.06 bits per heavy atom. The molecule has 0 saturated carbocycles. The molecule has 0 spiro atoms. The van der Waals surface area contributed by atoms with E-state index >= 15 is 0 Å². The summed E-state index contributed by atoms with van der Waals surface area (Å²) in [5.41, 5.74) is -0.517. The molecule has 0 heterocycles. The van der Waals surface area contributed by atoms with Crippen molar-refractivity contribution in [2.45, 2.75) is 12.4 Å². The quantitative estimate of drug-likeness (QED) is 0.486. The molecule has 4 heteroatoms. The maximum absolute atomic E-state index is 11.6. The number of thioether (sulfide) groups is 1. The highest BCUT2D eigenvalue weighted by molar-refractivity contribution is 7.99. The second-order valence-electron chi connectivity index (χ2n) is 3.06. The van der Waals surface area contributed by atoms with Crippen LogP contribution in [0.4, 0.5) is 0 Å². The maximum atomic E-state index is 11.6. The van der Waals surface area contributed by atoms with E-state index in [9.17, 15) is 9.90 Å². The molecule has 0 saturated heterocycles. The number of hydrogen-bond acceptors (Lipinski definition) is 4. The molecular formula is C12H14O3S. The standard InChI is InChI=1S/C12H14O3S/c1-3-8-15-10-6-4-9(5-7-10)11(13)12(14)16-2/h3-8,12,14H,1-2H3/b8-3-. The number of aliphatic hydroxyl groups is 1. The van der Waals surface area contributed by atoms with Crippen LogP contribution in [0, 0.1) is 0 Å². The van der Waals surface area contributed by atoms with Gasteiger partial charge in [-0.15, -0.1) is 11.8 Å². The summed E-state index contributed by atoms with van der Waals surface area (Å²) in [6.07, 6.45) is 5.02. The number of aliphatic hydroxyl groups excluding tert-OH is 1. The lowest BCUT2D eigenvalue weighted by molar-refractivity contribution is 0.0869. The van der Waals surface area contributed by atoms with Crippen LogP contribution in [0.15, 0.2) is 36.6 Å². The van der Waals surface area contributed by atoms with E-state index in [4.69, 9.17) is 4.74 Å². The van der Waals surface area contributed by atoms with Crippen molar-refractivity contribution in [2.75, 3.05) is 6.26 Å². The van der Waals surface area contributed by atoms with Crippen LogP contribution in [0.5, 0.6) is 5.75 Å². The molecule has 0 aliphatic rings. The summed E-state index contributed by atoms with van der Waals surface area (Å²) >= 11 is 1.11. The van der Waals surface area contributed by atoms with E-state index in [1.807, 2.05) is 6.92 Å². The Balaban J connectivity index is 2.74. The Bertz CT molecular complexity index is 370. The van der Waals surface area contributed by atoms with E-state index in [1.54, 1.807) is 42.9 Å². The molecule has 0 amide bonds. The monoisotopic (exact) mass is 238 g/mol. The third-order valence-corrected chi connectivity index (χ3v) is 2.59. The van der Waals surface area contributed by atoms with Crippen LogP contribution in [0.1, 0.15) is 17.3 Å². The minimum atomic E-state index is -0.998. The summed E-state index contributed by atoms with van der Waals surface area (Å²) in [5, 5.41) is 9.36. The second kappa shape index (κ2) is 6.35. The highest BCUT2D eigenvalue weighted by Gasteiger charge is 2.15. The molecule has 1 aromatic carbocycles. The average molecular weight is 238 g/mol. The van der Waals surface area contributed by atoms with Crippen LogP contribution in [0.3, 0.4) is 0 Å². The Kier molecular flexibility index (Phi) is 5.08. The van der Waals surface area contributed by atoms with Crippen molar-refractivity contribution >= 4 is 17.5 Å². The van der Waals surface area contributed by atoms with Crippen molar-refractivity contribution in [1.82, 2.24) is 0 Å². The number of ketones is 1. The van der Waals surface area contributed by atoms with Gasteiger partial charge in [0.2, 0.25) is 5.78 Å². The van der Waals surface area contributed by atoms with Crippen LogP contribution in [0.25, 0.3) is 0 Å². The van der Waals surface area contributed by atoms with Crippen LogP contribution >= 0.6 is 11.8 Å². The van der Waals surface area contributed by atoms with Crippen LogP contribution in [0.2, 0.25) is 0 Å². The van der Waals surface area contributed by atoms with E-state index in [1.165, 1.54) is 0 Å². The minimum absolute atomic E-state index is 0.287. The van der Waals surface area contributed by atoms with Gasteiger partial charge >= 0.3 is 0 Å². The number of hydrogen-bond donors (Lipinski definition) is 1. The lowest BCUT2D eigenvalue weighted by Crippen LogP contribution is -2.15. The third kappa shape index (κ3) is 3.40.